The fourth-order valence-electron chi connectivity index (χ4n) is 4.02. The van der Waals surface area contributed by atoms with E-state index in [-0.39, 0.29) is 35.9 Å². The quantitative estimate of drug-likeness (QED) is 0.613. The van der Waals surface area contributed by atoms with Gasteiger partial charge in [0.15, 0.2) is 0 Å². The summed E-state index contributed by atoms with van der Waals surface area (Å²) in [6.45, 7) is 4.54. The van der Waals surface area contributed by atoms with Crippen LogP contribution in [0.5, 0.6) is 0 Å². The van der Waals surface area contributed by atoms with Crippen LogP contribution in [0.2, 0.25) is 0 Å². The van der Waals surface area contributed by atoms with Gasteiger partial charge in [-0.3, -0.25) is 10.1 Å². The number of rotatable bonds is 4. The number of nitrogens with one attached hydrogen (secondary N) is 3. The van der Waals surface area contributed by atoms with Crippen molar-refractivity contribution in [3.8, 4) is 6.07 Å². The number of fused-ring (bicyclic) bond motifs is 1. The molecule has 4 N–H and O–H groups in total. The van der Waals surface area contributed by atoms with Crippen LogP contribution in [0.4, 0.5) is 4.39 Å². The number of amides is 1. The van der Waals surface area contributed by atoms with Crippen LogP contribution < -0.4 is 16.0 Å². The largest absolute Gasteiger partial charge is 0.375 e. The molecule has 2 heterocycles. The average molecular weight is 407 g/mol. The molecule has 6 nitrogen and oxygen atoms in total. The number of aliphatic hydroxyl groups is 1. The molecular formula is C20H24ClFN4O2. The number of halogens is 2. The molecule has 0 aromatic heterocycles. The van der Waals surface area contributed by atoms with Gasteiger partial charge in [-0.05, 0) is 44.5 Å². The molecule has 4 unspecified atom stereocenters. The van der Waals surface area contributed by atoms with Gasteiger partial charge in [-0.2, -0.15) is 5.26 Å². The van der Waals surface area contributed by atoms with E-state index in [1.54, 1.807) is 6.92 Å². The van der Waals surface area contributed by atoms with Crippen LogP contribution in [-0.4, -0.2) is 35.9 Å². The predicted molar refractivity (Wildman–Crippen MR) is 104 cm³/mol. The second-order valence-corrected chi connectivity index (χ2v) is 7.83. The summed E-state index contributed by atoms with van der Waals surface area (Å²) in [6.07, 6.45) is -0.214. The highest BCUT2D eigenvalue weighted by atomic mass is 35.5. The van der Waals surface area contributed by atoms with Gasteiger partial charge in [0.2, 0.25) is 5.91 Å². The molecule has 3 rings (SSSR count). The first-order valence-corrected chi connectivity index (χ1v) is 9.74. The van der Waals surface area contributed by atoms with Crippen LogP contribution in [0, 0.1) is 23.1 Å². The molecule has 0 radical (unpaired) electrons. The second kappa shape index (κ2) is 8.58. The molecule has 2 aliphatic rings. The van der Waals surface area contributed by atoms with Crippen LogP contribution in [-0.2, 0) is 4.79 Å². The third-order valence-corrected chi connectivity index (χ3v) is 6.01. The van der Waals surface area contributed by atoms with Gasteiger partial charge in [0.25, 0.3) is 0 Å². The van der Waals surface area contributed by atoms with Gasteiger partial charge in [-0.25, -0.2) is 4.39 Å². The lowest BCUT2D eigenvalue weighted by molar-refractivity contribution is -0.121. The van der Waals surface area contributed by atoms with Crippen molar-refractivity contribution in [2.24, 2.45) is 5.92 Å². The van der Waals surface area contributed by atoms with Gasteiger partial charge >= 0.3 is 0 Å². The number of nitrogens with zero attached hydrogens (tertiary/aromatic N) is 1. The summed E-state index contributed by atoms with van der Waals surface area (Å²) in [4.78, 5) is 12.5. The van der Waals surface area contributed by atoms with E-state index in [0.717, 1.165) is 19.0 Å². The lowest BCUT2D eigenvalue weighted by atomic mass is 9.81. The lowest BCUT2D eigenvalue weighted by Crippen LogP contribution is -2.58. The van der Waals surface area contributed by atoms with E-state index in [1.165, 1.54) is 12.1 Å². The van der Waals surface area contributed by atoms with Gasteiger partial charge in [0.05, 0.1) is 24.1 Å². The van der Waals surface area contributed by atoms with E-state index < -0.39 is 18.1 Å². The van der Waals surface area contributed by atoms with Crippen molar-refractivity contribution in [2.75, 3.05) is 6.54 Å². The maximum absolute atomic E-state index is 14.2. The Morgan fingerprint density at radius 1 is 1.54 bits per heavy atom. The topological polar surface area (TPSA) is 97.2 Å². The molecule has 1 aromatic rings. The summed E-state index contributed by atoms with van der Waals surface area (Å²) in [5.74, 6) is -0.913. The van der Waals surface area contributed by atoms with Crippen molar-refractivity contribution in [3.05, 3.63) is 45.7 Å². The summed E-state index contributed by atoms with van der Waals surface area (Å²) < 4.78 is 14.2. The molecule has 5 atom stereocenters. The highest BCUT2D eigenvalue weighted by molar-refractivity contribution is 6.30. The van der Waals surface area contributed by atoms with E-state index in [0.29, 0.717) is 16.2 Å². The molecule has 8 heteroatoms. The molecule has 0 bridgehead atoms. The number of piperidine rings is 1. The smallest absolute Gasteiger partial charge is 0.224 e. The zero-order valence-corrected chi connectivity index (χ0v) is 16.6. The van der Waals surface area contributed by atoms with Crippen molar-refractivity contribution >= 4 is 17.5 Å². The highest BCUT2D eigenvalue weighted by Gasteiger charge is 2.40. The summed E-state index contributed by atoms with van der Waals surface area (Å²) in [5, 5.41) is 29.0. The number of carbonyl (C=O) groups is 1. The first kappa shape index (κ1) is 20.7. The number of benzene rings is 1. The minimum Gasteiger partial charge on any atom is -0.375 e. The molecule has 0 aliphatic carbocycles. The Morgan fingerprint density at radius 2 is 2.29 bits per heavy atom. The highest BCUT2D eigenvalue weighted by Crippen LogP contribution is 2.36. The summed E-state index contributed by atoms with van der Waals surface area (Å²) in [5.41, 5.74) is 0.959. The van der Waals surface area contributed by atoms with Crippen LogP contribution in [0.3, 0.4) is 0 Å². The number of hydrogen-bond acceptors (Lipinski definition) is 5. The molecule has 28 heavy (non-hydrogen) atoms. The van der Waals surface area contributed by atoms with Crippen LogP contribution in [0.25, 0.3) is 0 Å². The zero-order valence-electron chi connectivity index (χ0n) is 15.8. The fourth-order valence-corrected chi connectivity index (χ4v) is 4.54. The Hall–Kier alpha value is -1.98. The summed E-state index contributed by atoms with van der Waals surface area (Å²) in [6, 6.07) is 5.63. The maximum atomic E-state index is 14.2. The Labute approximate surface area is 168 Å². The Morgan fingerprint density at radius 3 is 2.96 bits per heavy atom. The normalized spacial score (nSPS) is 28.3. The van der Waals surface area contributed by atoms with Gasteiger partial charge in [0.1, 0.15) is 12.0 Å². The third-order valence-electron chi connectivity index (χ3n) is 5.52. The third kappa shape index (κ3) is 4.20. The Balaban J connectivity index is 1.71. The number of nitriles is 1. The van der Waals surface area contributed by atoms with Crippen molar-refractivity contribution in [3.63, 3.8) is 0 Å². The van der Waals surface area contributed by atoms with Crippen molar-refractivity contribution < 1.29 is 14.3 Å². The van der Waals surface area contributed by atoms with E-state index >= 15 is 0 Å². The number of aliphatic hydroxyl groups excluding tert-OH is 1. The monoisotopic (exact) mass is 406 g/mol. The summed E-state index contributed by atoms with van der Waals surface area (Å²) >= 11 is 6.57. The summed E-state index contributed by atoms with van der Waals surface area (Å²) in [7, 11) is 0. The Bertz CT molecular complexity index is 838. The molecule has 150 valence electrons. The molecule has 1 aromatic carbocycles. The standard InChI is InChI=1S/C20H24ClFN4O2/c1-10(13-4-3-12(9-23)7-15(13)22)25-17(27)8-14-19(21)18-11(2)24-6-5-16(18)26-20(14)28/h3-4,7,10-11,16,18,20,24,26,28H,5-6,8H2,1-2H3,(H,25,27)/t10-,11?,16?,18?,20?/m1/s1. The molecule has 1 saturated heterocycles. The molecule has 2 aliphatic heterocycles. The van der Waals surface area contributed by atoms with Gasteiger partial charge in [0, 0.05) is 28.6 Å². The van der Waals surface area contributed by atoms with Crippen molar-refractivity contribution in [1.82, 2.24) is 16.0 Å². The van der Waals surface area contributed by atoms with Crippen molar-refractivity contribution in [2.45, 2.75) is 51.0 Å². The zero-order chi connectivity index (χ0) is 20.4. The first-order valence-electron chi connectivity index (χ1n) is 9.36. The van der Waals surface area contributed by atoms with Crippen molar-refractivity contribution in [1.29, 1.82) is 5.26 Å². The SMILES string of the molecule is CC1NCCC2NC(O)C(CC(=O)N[C@H](C)c3ccc(C#N)cc3F)=C(Cl)C12. The molecule has 1 amide bonds. The fraction of sp³-hybridized carbons (Fsp3) is 0.500. The minimum atomic E-state index is -0.980. The van der Waals surface area contributed by atoms with E-state index in [4.69, 9.17) is 16.9 Å². The van der Waals surface area contributed by atoms with E-state index in [2.05, 4.69) is 16.0 Å². The molecule has 1 fully saturated rings. The van der Waals surface area contributed by atoms with E-state index in [1.807, 2.05) is 13.0 Å². The van der Waals surface area contributed by atoms with Gasteiger partial charge in [-0.15, -0.1) is 0 Å². The van der Waals surface area contributed by atoms with Gasteiger partial charge in [-0.1, -0.05) is 17.7 Å². The Kier molecular flexibility index (Phi) is 6.36. The van der Waals surface area contributed by atoms with Crippen LogP contribution >= 0.6 is 11.6 Å². The van der Waals surface area contributed by atoms with Gasteiger partial charge < -0.3 is 15.7 Å². The molecule has 0 saturated carbocycles. The molecule has 0 spiro atoms. The van der Waals surface area contributed by atoms with E-state index in [9.17, 15) is 14.3 Å². The maximum Gasteiger partial charge on any atom is 0.224 e. The predicted octanol–water partition coefficient (Wildman–Crippen LogP) is 2.05. The minimum absolute atomic E-state index is 0.00462. The lowest BCUT2D eigenvalue weighted by Gasteiger charge is -2.43. The van der Waals surface area contributed by atoms with Crippen LogP contribution in [0.15, 0.2) is 28.8 Å². The number of carbonyl (C=O) groups excluding carboxylic acids is 1. The molecular weight excluding hydrogens is 383 g/mol. The second-order valence-electron chi connectivity index (χ2n) is 7.42. The average Bonchev–Trinajstić information content (AvgIpc) is 2.64. The number of hydrogen-bond donors (Lipinski definition) is 4. The van der Waals surface area contributed by atoms with Crippen LogP contribution in [0.1, 0.15) is 43.9 Å². The first-order chi connectivity index (χ1) is 13.3.